The Balaban J connectivity index is 1.30. The summed E-state index contributed by atoms with van der Waals surface area (Å²) in [5.41, 5.74) is -1.47. The Bertz CT molecular complexity index is 1000. The first-order valence-corrected chi connectivity index (χ1v) is 11.6. The van der Waals surface area contributed by atoms with E-state index >= 15 is 0 Å². The SMILES string of the molecule is O=C1NC2(CCO1)CN(C(=O)N1CCC(NS(=O)(=O)c3cccc(C(F)(F)F)c3)CC1)C2. The summed E-state index contributed by atoms with van der Waals surface area (Å²) >= 11 is 0. The highest BCUT2D eigenvalue weighted by Crippen LogP contribution is 2.31. The van der Waals surface area contributed by atoms with Crippen LogP contribution in [0.5, 0.6) is 0 Å². The number of hydrogen-bond acceptors (Lipinski definition) is 5. The number of hydrogen-bond donors (Lipinski definition) is 2. The Morgan fingerprint density at radius 3 is 2.50 bits per heavy atom. The highest BCUT2D eigenvalue weighted by Gasteiger charge is 2.49. The molecule has 0 aromatic heterocycles. The molecule has 3 amide bonds. The third-order valence-electron chi connectivity index (χ3n) is 6.00. The van der Waals surface area contributed by atoms with Crippen molar-refractivity contribution in [2.75, 3.05) is 32.8 Å². The van der Waals surface area contributed by atoms with E-state index in [0.717, 1.165) is 18.2 Å². The van der Waals surface area contributed by atoms with Crippen molar-refractivity contribution < 1.29 is 35.9 Å². The smallest absolute Gasteiger partial charge is 0.416 e. The number of carbonyl (C=O) groups is 2. The number of piperidine rings is 1. The average Bonchev–Trinajstić information content (AvgIpc) is 2.71. The Morgan fingerprint density at radius 2 is 1.88 bits per heavy atom. The number of nitrogens with zero attached hydrogens (tertiary/aromatic N) is 2. The van der Waals surface area contributed by atoms with E-state index in [1.807, 2.05) is 0 Å². The maximum absolute atomic E-state index is 12.9. The molecule has 13 heteroatoms. The molecule has 3 fully saturated rings. The molecule has 176 valence electrons. The molecule has 1 aromatic rings. The van der Waals surface area contributed by atoms with Crippen LogP contribution in [0, 0.1) is 0 Å². The Labute approximate surface area is 182 Å². The van der Waals surface area contributed by atoms with Crippen molar-refractivity contribution in [1.82, 2.24) is 19.8 Å². The van der Waals surface area contributed by atoms with Crippen LogP contribution in [-0.2, 0) is 20.9 Å². The summed E-state index contributed by atoms with van der Waals surface area (Å²) in [5, 5.41) is 2.76. The van der Waals surface area contributed by atoms with Gasteiger partial charge in [0.2, 0.25) is 10.0 Å². The third-order valence-corrected chi connectivity index (χ3v) is 7.52. The van der Waals surface area contributed by atoms with Gasteiger partial charge in [-0.05, 0) is 31.0 Å². The van der Waals surface area contributed by atoms with Crippen LogP contribution in [0.3, 0.4) is 0 Å². The number of rotatable bonds is 3. The van der Waals surface area contributed by atoms with Gasteiger partial charge in [0.15, 0.2) is 0 Å². The predicted octanol–water partition coefficient (Wildman–Crippen LogP) is 1.75. The molecular formula is C19H23F3N4O5S. The van der Waals surface area contributed by atoms with E-state index in [0.29, 0.717) is 58.1 Å². The summed E-state index contributed by atoms with van der Waals surface area (Å²) in [6, 6.07) is 2.92. The van der Waals surface area contributed by atoms with Crippen molar-refractivity contribution >= 4 is 22.1 Å². The number of nitrogens with one attached hydrogen (secondary N) is 2. The van der Waals surface area contributed by atoms with Gasteiger partial charge in [-0.1, -0.05) is 6.07 Å². The lowest BCUT2D eigenvalue weighted by atomic mass is 9.86. The predicted molar refractivity (Wildman–Crippen MR) is 105 cm³/mol. The lowest BCUT2D eigenvalue weighted by Crippen LogP contribution is -2.74. The molecule has 0 atom stereocenters. The molecule has 0 radical (unpaired) electrons. The normalized spacial score (nSPS) is 21.7. The Hall–Kier alpha value is -2.54. The second-order valence-electron chi connectivity index (χ2n) is 8.34. The van der Waals surface area contributed by atoms with Gasteiger partial charge in [-0.25, -0.2) is 22.7 Å². The van der Waals surface area contributed by atoms with Crippen molar-refractivity contribution in [2.45, 2.75) is 41.9 Å². The fourth-order valence-electron chi connectivity index (χ4n) is 4.23. The zero-order valence-electron chi connectivity index (χ0n) is 17.0. The van der Waals surface area contributed by atoms with E-state index in [2.05, 4.69) is 10.0 Å². The van der Waals surface area contributed by atoms with Gasteiger partial charge in [-0.3, -0.25) is 0 Å². The molecule has 3 heterocycles. The number of alkyl halides is 3. The van der Waals surface area contributed by atoms with Gasteiger partial charge in [0.05, 0.1) is 22.6 Å². The second-order valence-corrected chi connectivity index (χ2v) is 10.1. The van der Waals surface area contributed by atoms with Gasteiger partial charge in [-0.15, -0.1) is 0 Å². The van der Waals surface area contributed by atoms with Gasteiger partial charge in [0.1, 0.15) is 0 Å². The topological polar surface area (TPSA) is 108 Å². The van der Waals surface area contributed by atoms with Crippen molar-refractivity contribution in [3.05, 3.63) is 29.8 Å². The molecule has 0 saturated carbocycles. The third kappa shape index (κ3) is 4.63. The molecule has 3 saturated heterocycles. The number of amides is 3. The van der Waals surface area contributed by atoms with Crippen molar-refractivity contribution in [3.63, 3.8) is 0 Å². The van der Waals surface area contributed by atoms with Crippen LogP contribution >= 0.6 is 0 Å². The number of sulfonamides is 1. The molecular weight excluding hydrogens is 453 g/mol. The van der Waals surface area contributed by atoms with Crippen molar-refractivity contribution in [2.24, 2.45) is 0 Å². The minimum atomic E-state index is -4.64. The van der Waals surface area contributed by atoms with E-state index in [4.69, 9.17) is 4.74 Å². The van der Waals surface area contributed by atoms with Crippen LogP contribution < -0.4 is 10.0 Å². The molecule has 1 aromatic carbocycles. The average molecular weight is 476 g/mol. The number of ether oxygens (including phenoxy) is 1. The van der Waals surface area contributed by atoms with Gasteiger partial charge < -0.3 is 19.9 Å². The van der Waals surface area contributed by atoms with Crippen LogP contribution in [0.4, 0.5) is 22.8 Å². The number of urea groups is 1. The van der Waals surface area contributed by atoms with Gasteiger partial charge in [-0.2, -0.15) is 13.2 Å². The molecule has 9 nitrogen and oxygen atoms in total. The molecule has 3 aliphatic heterocycles. The summed E-state index contributed by atoms with van der Waals surface area (Å²) < 4.78 is 71.0. The first-order chi connectivity index (χ1) is 15.0. The quantitative estimate of drug-likeness (QED) is 0.691. The highest BCUT2D eigenvalue weighted by molar-refractivity contribution is 7.89. The maximum Gasteiger partial charge on any atom is 0.416 e. The standard InChI is InChI=1S/C19H23F3N4O5S/c20-19(21,22)13-2-1-3-15(10-13)32(29,30)24-14-4-7-25(8-5-14)17(28)26-11-18(12-26)6-9-31-16(27)23-18/h1-3,10,14,24H,4-9,11-12H2,(H,23,27). The van der Waals surface area contributed by atoms with Crippen molar-refractivity contribution in [3.8, 4) is 0 Å². The second kappa shape index (κ2) is 8.10. The number of carbonyl (C=O) groups excluding carboxylic acids is 2. The minimum Gasteiger partial charge on any atom is -0.449 e. The molecule has 0 aliphatic carbocycles. The highest BCUT2D eigenvalue weighted by atomic mass is 32.2. The number of likely N-dealkylation sites (tertiary alicyclic amines) is 2. The molecule has 3 aliphatic rings. The van der Waals surface area contributed by atoms with E-state index in [1.165, 1.54) is 0 Å². The Kier molecular flexibility index (Phi) is 5.74. The van der Waals surface area contributed by atoms with E-state index in [-0.39, 0.29) is 6.03 Å². The molecule has 2 N–H and O–H groups in total. The molecule has 0 bridgehead atoms. The Morgan fingerprint density at radius 1 is 1.19 bits per heavy atom. The molecule has 0 unspecified atom stereocenters. The van der Waals surface area contributed by atoms with Gasteiger partial charge in [0.25, 0.3) is 0 Å². The lowest BCUT2D eigenvalue weighted by molar-refractivity contribution is -0.137. The minimum absolute atomic E-state index is 0.185. The van der Waals surface area contributed by atoms with Crippen LogP contribution in [0.15, 0.2) is 29.2 Å². The summed E-state index contributed by atoms with van der Waals surface area (Å²) in [7, 11) is -4.13. The van der Waals surface area contributed by atoms with E-state index < -0.39 is 44.3 Å². The zero-order valence-corrected chi connectivity index (χ0v) is 17.8. The maximum atomic E-state index is 12.9. The van der Waals surface area contributed by atoms with Crippen LogP contribution in [0.25, 0.3) is 0 Å². The largest absolute Gasteiger partial charge is 0.449 e. The zero-order chi connectivity index (χ0) is 23.1. The number of halogens is 3. The van der Waals surface area contributed by atoms with Crippen LogP contribution in [0.2, 0.25) is 0 Å². The summed E-state index contributed by atoms with van der Waals surface area (Å²) in [5.74, 6) is 0. The number of alkyl carbamates (subject to hydrolysis) is 1. The van der Waals surface area contributed by atoms with Crippen LogP contribution in [-0.4, -0.2) is 74.7 Å². The summed E-state index contributed by atoms with van der Waals surface area (Å²) in [4.78, 5) is 26.9. The van der Waals surface area contributed by atoms with E-state index in [1.54, 1.807) is 9.80 Å². The fourth-order valence-corrected chi connectivity index (χ4v) is 5.58. The van der Waals surface area contributed by atoms with Gasteiger partial charge >= 0.3 is 18.3 Å². The monoisotopic (exact) mass is 476 g/mol. The van der Waals surface area contributed by atoms with Crippen LogP contribution in [0.1, 0.15) is 24.8 Å². The molecule has 32 heavy (non-hydrogen) atoms. The van der Waals surface area contributed by atoms with Gasteiger partial charge in [0, 0.05) is 38.6 Å². The number of benzene rings is 1. The number of cyclic esters (lactones) is 1. The summed E-state index contributed by atoms with van der Waals surface area (Å²) in [6.07, 6.45) is -3.82. The fraction of sp³-hybridized carbons (Fsp3) is 0.579. The molecule has 4 rings (SSSR count). The first-order valence-electron chi connectivity index (χ1n) is 10.2. The summed E-state index contributed by atoms with van der Waals surface area (Å²) in [6.45, 7) is 1.72. The lowest BCUT2D eigenvalue weighted by Gasteiger charge is -2.52. The van der Waals surface area contributed by atoms with Crippen molar-refractivity contribution in [1.29, 1.82) is 0 Å². The molecule has 1 spiro atoms. The van der Waals surface area contributed by atoms with E-state index in [9.17, 15) is 31.2 Å². The first kappa shape index (κ1) is 22.6.